The summed E-state index contributed by atoms with van der Waals surface area (Å²) in [5, 5.41) is 10.4. The molecule has 0 aliphatic carbocycles. The van der Waals surface area contributed by atoms with Gasteiger partial charge in [-0.3, -0.25) is 0 Å². The van der Waals surface area contributed by atoms with Gasteiger partial charge in [-0.2, -0.15) is 0 Å². The molecule has 0 atom stereocenters. The average molecular weight is 214 g/mol. The molecule has 0 fully saturated rings. The highest BCUT2D eigenvalue weighted by Gasteiger charge is 2.03. The zero-order valence-electron chi connectivity index (χ0n) is 7.24. The summed E-state index contributed by atoms with van der Waals surface area (Å²) >= 11 is 5.50. The molecule has 0 aliphatic heterocycles. The lowest BCUT2D eigenvalue weighted by Gasteiger charge is -1.95. The molecular weight excluding hydrogens is 206 g/mol. The van der Waals surface area contributed by atoms with E-state index in [4.69, 9.17) is 20.4 Å². The molecule has 5 nitrogen and oxygen atoms in total. The SMILES string of the molecule is ClCc1nnc(NCc2ccoc2)o1. The molecule has 0 aliphatic rings. The Bertz CT molecular complexity index is 385. The molecule has 0 unspecified atom stereocenters. The molecule has 14 heavy (non-hydrogen) atoms. The van der Waals surface area contributed by atoms with E-state index in [2.05, 4.69) is 15.5 Å². The fraction of sp³-hybridized carbons (Fsp3) is 0.250. The van der Waals surface area contributed by atoms with E-state index in [1.165, 1.54) is 0 Å². The molecule has 0 spiro atoms. The van der Waals surface area contributed by atoms with Crippen LogP contribution in [0.5, 0.6) is 0 Å². The first-order chi connectivity index (χ1) is 6.88. The van der Waals surface area contributed by atoms with E-state index < -0.39 is 0 Å². The lowest BCUT2D eigenvalue weighted by Crippen LogP contribution is -1.97. The summed E-state index contributed by atoms with van der Waals surface area (Å²) in [6.07, 6.45) is 3.25. The van der Waals surface area contributed by atoms with Gasteiger partial charge in [-0.25, -0.2) is 0 Å². The first-order valence-corrected chi connectivity index (χ1v) is 4.55. The fourth-order valence-electron chi connectivity index (χ4n) is 0.950. The van der Waals surface area contributed by atoms with Crippen LogP contribution < -0.4 is 5.32 Å². The van der Waals surface area contributed by atoms with Crippen LogP contribution in [0.3, 0.4) is 0 Å². The van der Waals surface area contributed by atoms with Gasteiger partial charge in [-0.15, -0.1) is 16.7 Å². The minimum absolute atomic E-state index is 0.223. The number of anilines is 1. The molecule has 1 N–H and O–H groups in total. The molecule has 6 heteroatoms. The van der Waals surface area contributed by atoms with E-state index in [0.29, 0.717) is 18.5 Å². The third kappa shape index (κ3) is 2.05. The average Bonchev–Trinajstić information content (AvgIpc) is 2.86. The van der Waals surface area contributed by atoms with Gasteiger partial charge in [-0.05, 0) is 6.07 Å². The molecule has 0 aromatic carbocycles. The van der Waals surface area contributed by atoms with Crippen LogP contribution in [0.15, 0.2) is 27.4 Å². The molecule has 2 aromatic heterocycles. The van der Waals surface area contributed by atoms with Gasteiger partial charge in [-0.1, -0.05) is 5.10 Å². The Kier molecular flexibility index (Phi) is 2.69. The normalized spacial score (nSPS) is 10.4. The lowest BCUT2D eigenvalue weighted by atomic mass is 10.3. The van der Waals surface area contributed by atoms with Crippen molar-refractivity contribution in [3.8, 4) is 0 Å². The number of furan rings is 1. The van der Waals surface area contributed by atoms with Gasteiger partial charge in [0, 0.05) is 12.1 Å². The van der Waals surface area contributed by atoms with Crippen molar-refractivity contribution >= 4 is 17.6 Å². The Hall–Kier alpha value is -1.49. The largest absolute Gasteiger partial charge is 0.472 e. The third-order valence-corrected chi connectivity index (χ3v) is 1.83. The van der Waals surface area contributed by atoms with Gasteiger partial charge in [0.15, 0.2) is 0 Å². The Morgan fingerprint density at radius 2 is 2.36 bits per heavy atom. The predicted octanol–water partition coefficient (Wildman–Crippen LogP) is 2.01. The molecule has 0 radical (unpaired) electrons. The Labute approximate surface area is 85.1 Å². The number of hydrogen-bond donors (Lipinski definition) is 1. The van der Waals surface area contributed by atoms with E-state index in [-0.39, 0.29) is 5.88 Å². The molecular formula is C8H8ClN3O2. The Morgan fingerprint density at radius 3 is 3.00 bits per heavy atom. The Balaban J connectivity index is 1.92. The van der Waals surface area contributed by atoms with Crippen molar-refractivity contribution in [2.75, 3.05) is 5.32 Å². The molecule has 0 bridgehead atoms. The van der Waals surface area contributed by atoms with E-state index in [1.807, 2.05) is 6.07 Å². The van der Waals surface area contributed by atoms with Crippen LogP contribution >= 0.6 is 11.6 Å². The van der Waals surface area contributed by atoms with Crippen LogP contribution in [0, 0.1) is 0 Å². The molecule has 0 saturated carbocycles. The van der Waals surface area contributed by atoms with Gasteiger partial charge in [0.2, 0.25) is 5.89 Å². The first kappa shape index (κ1) is 9.08. The van der Waals surface area contributed by atoms with Crippen LogP contribution in [-0.2, 0) is 12.4 Å². The van der Waals surface area contributed by atoms with Crippen molar-refractivity contribution in [3.05, 3.63) is 30.0 Å². The second-order valence-corrected chi connectivity index (χ2v) is 2.89. The minimum Gasteiger partial charge on any atom is -0.472 e. The second-order valence-electron chi connectivity index (χ2n) is 2.62. The van der Waals surface area contributed by atoms with Crippen molar-refractivity contribution in [1.29, 1.82) is 0 Å². The lowest BCUT2D eigenvalue weighted by molar-refractivity contribution is 0.525. The quantitative estimate of drug-likeness (QED) is 0.788. The Morgan fingerprint density at radius 1 is 1.43 bits per heavy atom. The topological polar surface area (TPSA) is 64.1 Å². The van der Waals surface area contributed by atoms with Crippen molar-refractivity contribution in [2.45, 2.75) is 12.4 Å². The number of hydrogen-bond acceptors (Lipinski definition) is 5. The monoisotopic (exact) mass is 213 g/mol. The zero-order chi connectivity index (χ0) is 9.80. The highest BCUT2D eigenvalue weighted by atomic mass is 35.5. The number of nitrogens with zero attached hydrogens (tertiary/aromatic N) is 2. The number of aromatic nitrogens is 2. The summed E-state index contributed by atoms with van der Waals surface area (Å²) in [5.74, 6) is 0.627. The summed E-state index contributed by atoms with van der Waals surface area (Å²) in [4.78, 5) is 0. The zero-order valence-corrected chi connectivity index (χ0v) is 7.99. The van der Waals surface area contributed by atoms with E-state index >= 15 is 0 Å². The number of halogens is 1. The maximum Gasteiger partial charge on any atom is 0.315 e. The molecule has 2 rings (SSSR count). The number of alkyl halides is 1. The van der Waals surface area contributed by atoms with Crippen molar-refractivity contribution < 1.29 is 8.83 Å². The highest BCUT2D eigenvalue weighted by Crippen LogP contribution is 2.09. The molecule has 2 aromatic rings. The van der Waals surface area contributed by atoms with Crippen molar-refractivity contribution in [1.82, 2.24) is 10.2 Å². The van der Waals surface area contributed by atoms with E-state index in [0.717, 1.165) is 5.56 Å². The third-order valence-electron chi connectivity index (χ3n) is 1.61. The number of rotatable bonds is 4. The van der Waals surface area contributed by atoms with E-state index in [1.54, 1.807) is 12.5 Å². The maximum absolute atomic E-state index is 5.50. The van der Waals surface area contributed by atoms with Gasteiger partial charge >= 0.3 is 6.01 Å². The first-order valence-electron chi connectivity index (χ1n) is 4.02. The summed E-state index contributed by atoms with van der Waals surface area (Å²) in [5.41, 5.74) is 1.01. The second kappa shape index (κ2) is 4.15. The van der Waals surface area contributed by atoms with Gasteiger partial charge in [0.1, 0.15) is 5.88 Å². The van der Waals surface area contributed by atoms with Gasteiger partial charge in [0.25, 0.3) is 0 Å². The van der Waals surface area contributed by atoms with Crippen LogP contribution in [0.4, 0.5) is 6.01 Å². The van der Waals surface area contributed by atoms with Gasteiger partial charge in [0.05, 0.1) is 12.5 Å². The molecule has 0 amide bonds. The van der Waals surface area contributed by atoms with Gasteiger partial charge < -0.3 is 14.2 Å². The molecule has 2 heterocycles. The van der Waals surface area contributed by atoms with Crippen LogP contribution in [-0.4, -0.2) is 10.2 Å². The standard InChI is InChI=1S/C8H8ClN3O2/c9-3-7-11-12-8(14-7)10-4-6-1-2-13-5-6/h1-2,5H,3-4H2,(H,10,12). The summed E-state index contributed by atoms with van der Waals surface area (Å²) < 4.78 is 10.0. The van der Waals surface area contributed by atoms with Crippen molar-refractivity contribution in [3.63, 3.8) is 0 Å². The summed E-state index contributed by atoms with van der Waals surface area (Å²) in [6, 6.07) is 2.22. The molecule has 0 saturated heterocycles. The smallest absolute Gasteiger partial charge is 0.315 e. The summed E-state index contributed by atoms with van der Waals surface area (Å²) in [7, 11) is 0. The van der Waals surface area contributed by atoms with Crippen LogP contribution in [0.2, 0.25) is 0 Å². The minimum atomic E-state index is 0.223. The fourth-order valence-corrected chi connectivity index (χ4v) is 1.06. The summed E-state index contributed by atoms with van der Waals surface area (Å²) in [6.45, 7) is 0.584. The predicted molar refractivity (Wildman–Crippen MR) is 49.9 cm³/mol. The van der Waals surface area contributed by atoms with Crippen LogP contribution in [0.1, 0.15) is 11.5 Å². The van der Waals surface area contributed by atoms with Crippen molar-refractivity contribution in [2.24, 2.45) is 0 Å². The molecule has 74 valence electrons. The van der Waals surface area contributed by atoms with E-state index in [9.17, 15) is 0 Å². The number of nitrogens with one attached hydrogen (secondary N) is 1. The maximum atomic E-state index is 5.50. The van der Waals surface area contributed by atoms with Crippen LogP contribution in [0.25, 0.3) is 0 Å². The highest BCUT2D eigenvalue weighted by molar-refractivity contribution is 6.16.